The number of hydrogen-bond acceptors (Lipinski definition) is 4. The van der Waals surface area contributed by atoms with Gasteiger partial charge in [-0.2, -0.15) is 4.89 Å². The summed E-state index contributed by atoms with van der Waals surface area (Å²) in [4.78, 5) is 18.6. The van der Waals surface area contributed by atoms with Gasteiger partial charge in [-0.1, -0.05) is 0 Å². The Morgan fingerprint density at radius 3 is 2.73 bits per heavy atom. The van der Waals surface area contributed by atoms with Gasteiger partial charge < -0.3 is 4.74 Å². The molecule has 15 heavy (non-hydrogen) atoms. The highest BCUT2D eigenvalue weighted by Gasteiger charge is 2.18. The predicted molar refractivity (Wildman–Crippen MR) is 53.2 cm³/mol. The zero-order valence-corrected chi connectivity index (χ0v) is 8.81. The van der Waals surface area contributed by atoms with Crippen LogP contribution in [-0.2, 0) is 10.7 Å². The Labute approximate surface area is 86.5 Å². The molecule has 1 N–H and O–H groups in total. The third-order valence-electron chi connectivity index (χ3n) is 1.76. The zero-order chi connectivity index (χ0) is 11.4. The number of nitro benzene ring substituents is 1. The molecule has 1 aromatic rings. The van der Waals surface area contributed by atoms with E-state index in [1.807, 2.05) is 0 Å². The second-order valence-electron chi connectivity index (χ2n) is 2.77. The smallest absolute Gasteiger partial charge is 0.490 e. The van der Waals surface area contributed by atoms with Gasteiger partial charge in [0.1, 0.15) is 0 Å². The number of nitro groups is 1. The molecule has 0 amide bonds. The average molecular weight is 230 g/mol. The number of methoxy groups -OCH3 is 1. The molecular weight excluding hydrogens is 221 g/mol. The summed E-state index contributed by atoms with van der Waals surface area (Å²) >= 11 is 0. The van der Waals surface area contributed by atoms with Gasteiger partial charge >= 0.3 is 13.7 Å². The molecule has 0 bridgehead atoms. The summed E-state index contributed by atoms with van der Waals surface area (Å²) in [6.45, 7) is 0. The molecule has 0 spiro atoms. The van der Waals surface area contributed by atoms with Crippen molar-refractivity contribution in [1.29, 1.82) is 0 Å². The maximum atomic E-state index is 10.6. The van der Waals surface area contributed by atoms with Crippen molar-refractivity contribution in [2.24, 2.45) is 0 Å². The highest BCUT2D eigenvalue weighted by molar-refractivity contribution is 7.37. The summed E-state index contributed by atoms with van der Waals surface area (Å²) < 4.78 is 15.4. The molecule has 7 heteroatoms. The molecule has 0 aliphatic heterocycles. The van der Waals surface area contributed by atoms with Gasteiger partial charge in [-0.25, -0.2) is 0 Å². The Balaban J connectivity index is 3.07. The Morgan fingerprint density at radius 1 is 1.60 bits per heavy atom. The van der Waals surface area contributed by atoms with Crippen molar-refractivity contribution in [3.63, 3.8) is 0 Å². The van der Waals surface area contributed by atoms with Crippen LogP contribution < -0.4 is 4.74 Å². The van der Waals surface area contributed by atoms with Crippen LogP contribution in [0.5, 0.6) is 5.75 Å². The highest BCUT2D eigenvalue weighted by atomic mass is 31.1. The summed E-state index contributed by atoms with van der Waals surface area (Å²) in [5.41, 5.74) is 0.371. The summed E-state index contributed by atoms with van der Waals surface area (Å²) in [5, 5.41) is 10.5. The second-order valence-corrected chi connectivity index (χ2v) is 3.79. The summed E-state index contributed by atoms with van der Waals surface area (Å²) in [5.74, 6) is 0.0920. The first-order valence-electron chi connectivity index (χ1n) is 3.99. The Hall–Kier alpha value is -1.52. The number of hydrogen-bond donors (Lipinski definition) is 1. The van der Waals surface area contributed by atoms with E-state index in [0.717, 1.165) is 0 Å². The van der Waals surface area contributed by atoms with E-state index in [-0.39, 0.29) is 17.6 Å². The van der Waals surface area contributed by atoms with Crippen LogP contribution in [0, 0.1) is 10.1 Å². The van der Waals surface area contributed by atoms with E-state index in [2.05, 4.69) is 0 Å². The lowest BCUT2D eigenvalue weighted by Gasteiger charge is -2.01. The number of nitrogens with zero attached hydrogens (tertiary/aromatic N) is 1. The second kappa shape index (κ2) is 4.82. The molecule has 0 radical (unpaired) electrons. The first-order valence-corrected chi connectivity index (χ1v) is 5.39. The maximum Gasteiger partial charge on any atom is 0.510 e. The molecular formula is C8H9NO5P+. The van der Waals surface area contributed by atoms with Crippen molar-refractivity contribution >= 4 is 13.7 Å². The molecule has 0 heterocycles. The van der Waals surface area contributed by atoms with E-state index in [1.165, 1.54) is 25.3 Å². The van der Waals surface area contributed by atoms with Crippen LogP contribution in [0.15, 0.2) is 18.2 Å². The van der Waals surface area contributed by atoms with Gasteiger partial charge in [0.05, 0.1) is 12.0 Å². The molecule has 0 fully saturated rings. The predicted octanol–water partition coefficient (Wildman–Crippen LogP) is 1.84. The van der Waals surface area contributed by atoms with Gasteiger partial charge in [0.25, 0.3) is 0 Å². The summed E-state index contributed by atoms with van der Waals surface area (Å²) in [6, 6.07) is 4.08. The molecule has 0 aliphatic rings. The highest BCUT2D eigenvalue weighted by Crippen LogP contribution is 2.30. The minimum Gasteiger partial charge on any atom is -0.490 e. The van der Waals surface area contributed by atoms with Crippen LogP contribution in [0.1, 0.15) is 5.56 Å². The van der Waals surface area contributed by atoms with E-state index >= 15 is 0 Å². The van der Waals surface area contributed by atoms with Crippen molar-refractivity contribution in [3.05, 3.63) is 33.9 Å². The molecule has 0 aromatic heterocycles. The number of ether oxygens (including phenoxy) is 1. The van der Waals surface area contributed by atoms with Gasteiger partial charge in [-0.15, -0.1) is 0 Å². The van der Waals surface area contributed by atoms with Crippen LogP contribution in [0.3, 0.4) is 0 Å². The van der Waals surface area contributed by atoms with E-state index in [1.54, 1.807) is 0 Å². The molecule has 1 aromatic carbocycles. The first-order chi connectivity index (χ1) is 7.04. The fraction of sp³-hybridized carbons (Fsp3) is 0.250. The van der Waals surface area contributed by atoms with Gasteiger partial charge in [0.2, 0.25) is 6.16 Å². The van der Waals surface area contributed by atoms with Crippen LogP contribution >= 0.6 is 8.03 Å². The normalized spacial score (nSPS) is 10.9. The van der Waals surface area contributed by atoms with E-state index in [0.29, 0.717) is 5.56 Å². The molecule has 0 aliphatic carbocycles. The Kier molecular flexibility index (Phi) is 3.71. The van der Waals surface area contributed by atoms with Crippen molar-refractivity contribution in [1.82, 2.24) is 0 Å². The average Bonchev–Trinajstić information content (AvgIpc) is 2.16. The Bertz CT molecular complexity index is 406. The van der Waals surface area contributed by atoms with Crippen molar-refractivity contribution in [2.75, 3.05) is 7.11 Å². The summed E-state index contributed by atoms with van der Waals surface area (Å²) in [6.07, 6.45) is -0.0380. The van der Waals surface area contributed by atoms with E-state index < -0.39 is 13.0 Å². The lowest BCUT2D eigenvalue weighted by molar-refractivity contribution is -0.385. The SMILES string of the molecule is COc1cc(C[P+](=O)O)ccc1[N+](=O)[O-]. The molecule has 6 nitrogen and oxygen atoms in total. The van der Waals surface area contributed by atoms with Crippen LogP contribution in [0.25, 0.3) is 0 Å². The largest absolute Gasteiger partial charge is 0.510 e. The van der Waals surface area contributed by atoms with Crippen LogP contribution in [0.2, 0.25) is 0 Å². The fourth-order valence-electron chi connectivity index (χ4n) is 1.13. The quantitative estimate of drug-likeness (QED) is 0.484. The maximum absolute atomic E-state index is 10.6. The third kappa shape index (κ3) is 2.97. The molecule has 80 valence electrons. The van der Waals surface area contributed by atoms with Crippen molar-refractivity contribution in [2.45, 2.75) is 6.16 Å². The first kappa shape index (κ1) is 11.6. The van der Waals surface area contributed by atoms with Crippen LogP contribution in [0.4, 0.5) is 5.69 Å². The minimum absolute atomic E-state index is 0.0380. The molecule has 1 rings (SSSR count). The van der Waals surface area contributed by atoms with Gasteiger partial charge in [0.15, 0.2) is 5.75 Å². The van der Waals surface area contributed by atoms with Crippen molar-refractivity contribution in [3.8, 4) is 5.75 Å². The van der Waals surface area contributed by atoms with Gasteiger partial charge in [0, 0.05) is 11.6 Å². The van der Waals surface area contributed by atoms with Gasteiger partial charge in [-0.05, 0) is 16.7 Å². The zero-order valence-electron chi connectivity index (χ0n) is 7.91. The monoisotopic (exact) mass is 230 g/mol. The Morgan fingerprint density at radius 2 is 2.27 bits per heavy atom. The third-order valence-corrected chi connectivity index (χ3v) is 2.39. The number of rotatable bonds is 4. The lowest BCUT2D eigenvalue weighted by Crippen LogP contribution is -1.94. The number of benzene rings is 1. The summed E-state index contributed by atoms with van der Waals surface area (Å²) in [7, 11) is -0.984. The molecule has 1 unspecified atom stereocenters. The van der Waals surface area contributed by atoms with E-state index in [9.17, 15) is 14.7 Å². The van der Waals surface area contributed by atoms with Gasteiger partial charge in [-0.3, -0.25) is 10.1 Å². The fourth-order valence-corrected chi connectivity index (χ4v) is 1.64. The van der Waals surface area contributed by atoms with Crippen LogP contribution in [-0.4, -0.2) is 16.9 Å². The molecule has 0 saturated heterocycles. The lowest BCUT2D eigenvalue weighted by atomic mass is 10.2. The topological polar surface area (TPSA) is 89.7 Å². The van der Waals surface area contributed by atoms with Crippen molar-refractivity contribution < 1.29 is 19.1 Å². The standard InChI is InChI=1S/C8H8NO5P/c1-14-8-4-6(5-15(12)13)2-3-7(8)9(10)11/h2-4H,5H2,1H3/p+1. The minimum atomic E-state index is -2.29. The molecule has 0 saturated carbocycles. The molecule has 1 atom stereocenters. The van der Waals surface area contributed by atoms with E-state index in [4.69, 9.17) is 9.63 Å².